The van der Waals surface area contributed by atoms with E-state index in [0.29, 0.717) is 13.2 Å². The van der Waals surface area contributed by atoms with E-state index in [9.17, 15) is 0 Å². The number of hydrogen-bond acceptors (Lipinski definition) is 4. The van der Waals surface area contributed by atoms with E-state index in [1.807, 2.05) is 6.20 Å². The molecule has 1 aliphatic heterocycles. The van der Waals surface area contributed by atoms with Gasteiger partial charge < -0.3 is 20.3 Å². The molecule has 0 amide bonds. The molecule has 140 valence electrons. The van der Waals surface area contributed by atoms with Crippen LogP contribution in [0.25, 0.3) is 0 Å². The van der Waals surface area contributed by atoms with Crippen LogP contribution in [0.15, 0.2) is 23.3 Å². The molecule has 0 bridgehead atoms. The molecule has 6 heteroatoms. The number of rotatable bonds is 7. The molecule has 1 aliphatic rings. The van der Waals surface area contributed by atoms with Gasteiger partial charge in [0.1, 0.15) is 5.82 Å². The van der Waals surface area contributed by atoms with Crippen molar-refractivity contribution in [2.24, 2.45) is 10.9 Å². The van der Waals surface area contributed by atoms with Crippen molar-refractivity contribution in [1.82, 2.24) is 15.6 Å². The number of nitrogens with one attached hydrogen (secondary N) is 2. The van der Waals surface area contributed by atoms with Gasteiger partial charge in [-0.1, -0.05) is 13.0 Å². The molecule has 0 aromatic carbocycles. The zero-order chi connectivity index (χ0) is 18.1. The molecule has 1 aromatic heterocycles. The van der Waals surface area contributed by atoms with E-state index in [1.54, 1.807) is 7.11 Å². The number of aromatic nitrogens is 1. The molecule has 2 heterocycles. The molecule has 0 spiro atoms. The van der Waals surface area contributed by atoms with Gasteiger partial charge in [-0.3, -0.25) is 0 Å². The number of pyridine rings is 1. The fourth-order valence-corrected chi connectivity index (χ4v) is 2.95. The van der Waals surface area contributed by atoms with E-state index in [1.165, 1.54) is 12.8 Å². The maximum absolute atomic E-state index is 5.16. The van der Waals surface area contributed by atoms with E-state index < -0.39 is 0 Å². The van der Waals surface area contributed by atoms with Crippen molar-refractivity contribution < 1.29 is 4.74 Å². The summed E-state index contributed by atoms with van der Waals surface area (Å²) in [7, 11) is 1.71. The zero-order valence-corrected chi connectivity index (χ0v) is 16.1. The van der Waals surface area contributed by atoms with Gasteiger partial charge in [-0.05, 0) is 44.2 Å². The number of methoxy groups -OCH3 is 1. The van der Waals surface area contributed by atoms with Crippen LogP contribution in [0.1, 0.15) is 39.2 Å². The first kappa shape index (κ1) is 19.5. The topological polar surface area (TPSA) is 61.8 Å². The molecule has 1 unspecified atom stereocenters. The van der Waals surface area contributed by atoms with Crippen LogP contribution in [0.5, 0.6) is 0 Å². The van der Waals surface area contributed by atoms with Crippen molar-refractivity contribution in [3.05, 3.63) is 23.9 Å². The van der Waals surface area contributed by atoms with Gasteiger partial charge in [-0.15, -0.1) is 0 Å². The molecular weight excluding hydrogens is 314 g/mol. The second-order valence-corrected chi connectivity index (χ2v) is 6.89. The van der Waals surface area contributed by atoms with Crippen LogP contribution in [0.3, 0.4) is 0 Å². The van der Waals surface area contributed by atoms with Gasteiger partial charge >= 0.3 is 0 Å². The number of ether oxygens (including phenoxy) is 1. The Labute approximate surface area is 152 Å². The molecule has 2 rings (SSSR count). The summed E-state index contributed by atoms with van der Waals surface area (Å²) < 4.78 is 5.16. The first-order valence-electron chi connectivity index (χ1n) is 9.36. The highest BCUT2D eigenvalue weighted by Gasteiger charge is 2.16. The summed E-state index contributed by atoms with van der Waals surface area (Å²) in [6.45, 7) is 10.8. The molecule has 25 heavy (non-hydrogen) atoms. The largest absolute Gasteiger partial charge is 0.383 e. The summed E-state index contributed by atoms with van der Waals surface area (Å²) in [5, 5.41) is 6.61. The Bertz CT molecular complexity index is 523. The minimum Gasteiger partial charge on any atom is -0.383 e. The summed E-state index contributed by atoms with van der Waals surface area (Å²) >= 11 is 0. The van der Waals surface area contributed by atoms with E-state index in [-0.39, 0.29) is 6.04 Å². The van der Waals surface area contributed by atoms with Crippen LogP contribution in [0, 0.1) is 5.92 Å². The quantitative estimate of drug-likeness (QED) is 0.586. The lowest BCUT2D eigenvalue weighted by molar-refractivity contribution is 0.179. The maximum Gasteiger partial charge on any atom is 0.191 e. The SMILES string of the molecule is CCNC(=NCc1ccc(N2CCC(C)CC2)nc1)NC(C)COC. The Kier molecular flexibility index (Phi) is 7.98. The van der Waals surface area contributed by atoms with Gasteiger partial charge in [0.25, 0.3) is 0 Å². The lowest BCUT2D eigenvalue weighted by atomic mass is 9.99. The van der Waals surface area contributed by atoms with Crippen LogP contribution in [-0.4, -0.2) is 50.3 Å². The van der Waals surface area contributed by atoms with Crippen LogP contribution in [-0.2, 0) is 11.3 Å². The minimum absolute atomic E-state index is 0.213. The molecule has 6 nitrogen and oxygen atoms in total. The smallest absolute Gasteiger partial charge is 0.191 e. The Morgan fingerprint density at radius 2 is 2.16 bits per heavy atom. The third kappa shape index (κ3) is 6.53. The minimum atomic E-state index is 0.213. The predicted molar refractivity (Wildman–Crippen MR) is 104 cm³/mol. The molecule has 0 aliphatic carbocycles. The second kappa shape index (κ2) is 10.2. The third-order valence-corrected chi connectivity index (χ3v) is 4.48. The molecule has 0 radical (unpaired) electrons. The predicted octanol–water partition coefficient (Wildman–Crippen LogP) is 2.41. The summed E-state index contributed by atoms with van der Waals surface area (Å²) in [6, 6.07) is 4.46. The normalized spacial score (nSPS) is 17.4. The molecule has 1 atom stereocenters. The number of hydrogen-bond donors (Lipinski definition) is 2. The molecular formula is C19H33N5O. The monoisotopic (exact) mass is 347 g/mol. The van der Waals surface area contributed by atoms with Gasteiger partial charge in [0.2, 0.25) is 0 Å². The van der Waals surface area contributed by atoms with Crippen LogP contribution >= 0.6 is 0 Å². The summed E-state index contributed by atoms with van der Waals surface area (Å²) in [4.78, 5) is 11.7. The highest BCUT2D eigenvalue weighted by molar-refractivity contribution is 5.80. The molecule has 1 fully saturated rings. The number of nitrogens with zero attached hydrogens (tertiary/aromatic N) is 3. The second-order valence-electron chi connectivity index (χ2n) is 6.89. The first-order valence-corrected chi connectivity index (χ1v) is 9.36. The fraction of sp³-hybridized carbons (Fsp3) is 0.684. The zero-order valence-electron chi connectivity index (χ0n) is 16.1. The van der Waals surface area contributed by atoms with E-state index in [2.05, 4.69) is 58.4 Å². The number of aliphatic imine (C=N–C) groups is 1. The van der Waals surface area contributed by atoms with Crippen molar-refractivity contribution in [1.29, 1.82) is 0 Å². The van der Waals surface area contributed by atoms with Crippen LogP contribution < -0.4 is 15.5 Å². The molecule has 1 saturated heterocycles. The third-order valence-electron chi connectivity index (χ3n) is 4.48. The van der Waals surface area contributed by atoms with Gasteiger partial charge in [0.15, 0.2) is 5.96 Å². The molecule has 2 N–H and O–H groups in total. The van der Waals surface area contributed by atoms with E-state index in [4.69, 9.17) is 4.74 Å². The lowest BCUT2D eigenvalue weighted by Gasteiger charge is -2.31. The molecule has 1 aromatic rings. The lowest BCUT2D eigenvalue weighted by Crippen LogP contribution is -2.43. The Morgan fingerprint density at radius 3 is 2.76 bits per heavy atom. The van der Waals surface area contributed by atoms with E-state index in [0.717, 1.165) is 42.9 Å². The first-order chi connectivity index (χ1) is 12.1. The number of anilines is 1. The van der Waals surface area contributed by atoms with Gasteiger partial charge in [-0.2, -0.15) is 0 Å². The summed E-state index contributed by atoms with van der Waals surface area (Å²) in [6.07, 6.45) is 4.45. The van der Waals surface area contributed by atoms with Crippen molar-refractivity contribution in [2.75, 3.05) is 38.3 Å². The van der Waals surface area contributed by atoms with Gasteiger partial charge in [0.05, 0.1) is 13.2 Å². The highest BCUT2D eigenvalue weighted by Crippen LogP contribution is 2.21. The Hall–Kier alpha value is -1.82. The fourth-order valence-electron chi connectivity index (χ4n) is 2.95. The number of guanidine groups is 1. The van der Waals surface area contributed by atoms with Crippen LogP contribution in [0.2, 0.25) is 0 Å². The van der Waals surface area contributed by atoms with Crippen LogP contribution in [0.4, 0.5) is 5.82 Å². The van der Waals surface area contributed by atoms with Gasteiger partial charge in [-0.25, -0.2) is 9.98 Å². The summed E-state index contributed by atoms with van der Waals surface area (Å²) in [5.74, 6) is 2.72. The van der Waals surface area contributed by atoms with Crippen molar-refractivity contribution in [3.63, 3.8) is 0 Å². The summed E-state index contributed by atoms with van der Waals surface area (Å²) in [5.41, 5.74) is 1.12. The average Bonchev–Trinajstić information content (AvgIpc) is 2.61. The van der Waals surface area contributed by atoms with Crippen molar-refractivity contribution in [3.8, 4) is 0 Å². The maximum atomic E-state index is 5.16. The van der Waals surface area contributed by atoms with E-state index >= 15 is 0 Å². The Balaban J connectivity index is 1.91. The average molecular weight is 348 g/mol. The number of piperidine rings is 1. The van der Waals surface area contributed by atoms with Gasteiger partial charge in [0, 0.05) is 39.0 Å². The molecule has 0 saturated carbocycles. The standard InChI is InChI=1S/C19H33N5O/c1-5-20-19(23-16(3)14-25-4)22-13-17-6-7-18(21-12-17)24-10-8-15(2)9-11-24/h6-7,12,15-16H,5,8-11,13-14H2,1-4H3,(H2,20,22,23). The highest BCUT2D eigenvalue weighted by atomic mass is 16.5. The van der Waals surface area contributed by atoms with Crippen molar-refractivity contribution in [2.45, 2.75) is 46.2 Å². The van der Waals surface area contributed by atoms with Crippen molar-refractivity contribution >= 4 is 11.8 Å². The Morgan fingerprint density at radius 1 is 1.40 bits per heavy atom.